The van der Waals surface area contributed by atoms with E-state index in [-0.39, 0.29) is 29.5 Å². The summed E-state index contributed by atoms with van der Waals surface area (Å²) < 4.78 is 70.7. The number of carbonyl (C=O) groups excluding carboxylic acids is 1. The fourth-order valence-electron chi connectivity index (χ4n) is 6.19. The second-order valence-corrected chi connectivity index (χ2v) is 15.6. The highest BCUT2D eigenvalue weighted by Gasteiger charge is 2.47. The molecule has 0 saturated carbocycles. The number of halogens is 3. The lowest BCUT2D eigenvalue weighted by molar-refractivity contribution is -0.192. The fourth-order valence-corrected chi connectivity index (χ4v) is 7.49. The third-order valence-electron chi connectivity index (χ3n) is 8.79. The van der Waals surface area contributed by atoms with Crippen LogP contribution < -0.4 is 20.3 Å². The number of aromatic nitrogens is 1. The molecule has 296 valence electrons. The maximum atomic E-state index is 15.0. The number of fused-ring (bicyclic) bond motifs is 1. The molecule has 0 aliphatic carbocycles. The van der Waals surface area contributed by atoms with Crippen molar-refractivity contribution in [1.82, 2.24) is 9.88 Å². The summed E-state index contributed by atoms with van der Waals surface area (Å²) in [5, 5.41) is 19.8. The number of aliphatic carboxylic acids is 2. The molecule has 55 heavy (non-hydrogen) atoms. The molecule has 1 amide bonds. The van der Waals surface area contributed by atoms with Crippen LogP contribution in [0.25, 0.3) is 10.8 Å². The van der Waals surface area contributed by atoms with E-state index in [0.717, 1.165) is 10.8 Å². The molecule has 1 aromatic heterocycles. The molecule has 3 atom stereocenters. The van der Waals surface area contributed by atoms with Gasteiger partial charge in [-0.2, -0.15) is 13.2 Å². The number of nitrogens with zero attached hydrogens (tertiary/aromatic N) is 3. The van der Waals surface area contributed by atoms with E-state index in [0.29, 0.717) is 29.4 Å². The molecule has 1 aliphatic rings. The first-order chi connectivity index (χ1) is 25.8. The quantitative estimate of drug-likeness (QED) is 0.107. The maximum absolute atomic E-state index is 15.0. The Kier molecular flexibility index (Phi) is 13.4. The number of carboxylic acids is 2. The van der Waals surface area contributed by atoms with Crippen LogP contribution in [0.4, 0.5) is 18.9 Å². The molecule has 4 aromatic rings. The van der Waals surface area contributed by atoms with Gasteiger partial charge in [0.05, 0.1) is 40.5 Å². The molecular weight excluding hydrogens is 745 g/mol. The number of hydrogen-bond donors (Lipinski definition) is 3. The van der Waals surface area contributed by atoms with Crippen molar-refractivity contribution in [2.24, 2.45) is 11.8 Å². The summed E-state index contributed by atoms with van der Waals surface area (Å²) in [6.07, 6.45) is -1.69. The first-order valence-electron chi connectivity index (χ1n) is 17.3. The second kappa shape index (κ2) is 17.4. The van der Waals surface area contributed by atoms with Crippen molar-refractivity contribution in [3.63, 3.8) is 0 Å². The van der Waals surface area contributed by atoms with Crippen molar-refractivity contribution >= 4 is 44.1 Å². The highest BCUT2D eigenvalue weighted by Crippen LogP contribution is 2.44. The van der Waals surface area contributed by atoms with Gasteiger partial charge in [-0.05, 0) is 94.0 Å². The van der Waals surface area contributed by atoms with E-state index in [1.54, 1.807) is 68.7 Å². The van der Waals surface area contributed by atoms with Crippen molar-refractivity contribution in [2.75, 3.05) is 18.2 Å². The zero-order valence-corrected chi connectivity index (χ0v) is 31.5. The summed E-state index contributed by atoms with van der Waals surface area (Å²) in [4.78, 5) is 42.2. The Morgan fingerprint density at radius 2 is 1.65 bits per heavy atom. The number of pyridine rings is 1. The average Bonchev–Trinajstić information content (AvgIpc) is 3.58. The van der Waals surface area contributed by atoms with E-state index in [2.05, 4.69) is 4.98 Å². The van der Waals surface area contributed by atoms with Gasteiger partial charge in [-0.15, -0.1) is 0 Å². The summed E-state index contributed by atoms with van der Waals surface area (Å²) in [6.45, 7) is 9.21. The van der Waals surface area contributed by atoms with Gasteiger partial charge in [0, 0.05) is 24.3 Å². The van der Waals surface area contributed by atoms with Crippen LogP contribution in [0.3, 0.4) is 0 Å². The Morgan fingerprint density at radius 3 is 2.25 bits per heavy atom. The van der Waals surface area contributed by atoms with E-state index in [4.69, 9.17) is 25.2 Å². The van der Waals surface area contributed by atoms with Gasteiger partial charge in [0.2, 0.25) is 0 Å². The zero-order chi connectivity index (χ0) is 40.8. The summed E-state index contributed by atoms with van der Waals surface area (Å²) in [7, 11) is -3.82. The van der Waals surface area contributed by atoms with Gasteiger partial charge in [-0.25, -0.2) is 19.1 Å². The van der Waals surface area contributed by atoms with Gasteiger partial charge in [0.1, 0.15) is 6.04 Å². The number of rotatable bonds is 12. The smallest absolute Gasteiger partial charge is 0.490 e. The monoisotopic (exact) mass is 788 g/mol. The Hall–Kier alpha value is -5.42. The van der Waals surface area contributed by atoms with Crippen molar-refractivity contribution < 1.29 is 55.7 Å². The predicted octanol–water partition coefficient (Wildman–Crippen LogP) is 6.33. The molecule has 3 unspecified atom stereocenters. The number of hydrogen-bond acceptors (Lipinski definition) is 10. The third-order valence-corrected chi connectivity index (χ3v) is 11.0. The molecule has 1 fully saturated rings. The predicted molar refractivity (Wildman–Crippen MR) is 197 cm³/mol. The second-order valence-electron chi connectivity index (χ2n) is 13.2. The number of sulfone groups is 1. The van der Waals surface area contributed by atoms with Gasteiger partial charge in [0.25, 0.3) is 5.91 Å². The van der Waals surface area contributed by atoms with Gasteiger partial charge in [-0.1, -0.05) is 30.3 Å². The van der Waals surface area contributed by atoms with Gasteiger partial charge in [-0.3, -0.25) is 19.6 Å². The Bertz CT molecular complexity index is 2130. The number of likely N-dealkylation sites (tertiary alicyclic amines) is 1. The SMILES string of the molecule is CCOc1cc(C(C(=O)N2CCC(C(=O)O)C2c2ccccc2S(=O)(=O)C(C)C)N(N)c2ccc3cnccc3c2)ccc1OC(C)C.O=C(O)C(F)(F)F. The highest BCUT2D eigenvalue weighted by molar-refractivity contribution is 7.92. The summed E-state index contributed by atoms with van der Waals surface area (Å²) in [6, 6.07) is 16.6. The Balaban J connectivity index is 0.000000876. The van der Waals surface area contributed by atoms with Crippen LogP contribution in [0.2, 0.25) is 0 Å². The van der Waals surface area contributed by atoms with Crippen LogP contribution in [-0.4, -0.2) is 77.0 Å². The molecule has 13 nitrogen and oxygen atoms in total. The number of amides is 1. The molecule has 17 heteroatoms. The number of ether oxygens (including phenoxy) is 2. The number of carboxylic acid groups (broad SMARTS) is 2. The third kappa shape index (κ3) is 9.64. The number of anilines is 1. The molecule has 0 radical (unpaired) electrons. The van der Waals surface area contributed by atoms with Crippen LogP contribution in [0.15, 0.2) is 84.0 Å². The molecule has 3 aromatic carbocycles. The van der Waals surface area contributed by atoms with Gasteiger partial charge < -0.3 is 24.6 Å². The number of carbonyl (C=O) groups is 3. The van der Waals surface area contributed by atoms with Gasteiger partial charge >= 0.3 is 18.1 Å². The molecule has 1 saturated heterocycles. The Morgan fingerprint density at radius 1 is 0.982 bits per heavy atom. The van der Waals surface area contributed by atoms with Crippen LogP contribution >= 0.6 is 0 Å². The van der Waals surface area contributed by atoms with E-state index >= 15 is 0 Å². The van der Waals surface area contributed by atoms with E-state index in [1.807, 2.05) is 39.0 Å². The molecule has 0 spiro atoms. The molecule has 1 aliphatic heterocycles. The summed E-state index contributed by atoms with van der Waals surface area (Å²) in [5.74, 6) is 2.40. The van der Waals surface area contributed by atoms with Gasteiger partial charge in [0.15, 0.2) is 21.3 Å². The van der Waals surface area contributed by atoms with Crippen molar-refractivity contribution in [3.05, 3.63) is 90.3 Å². The van der Waals surface area contributed by atoms with Crippen LogP contribution in [0.5, 0.6) is 11.5 Å². The van der Waals surface area contributed by atoms with Crippen molar-refractivity contribution in [3.8, 4) is 11.5 Å². The normalized spacial score (nSPS) is 16.4. The summed E-state index contributed by atoms with van der Waals surface area (Å²) >= 11 is 0. The maximum Gasteiger partial charge on any atom is 0.490 e. The minimum absolute atomic E-state index is 0.00839. The largest absolute Gasteiger partial charge is 0.490 e. The molecule has 0 bridgehead atoms. The van der Waals surface area contributed by atoms with Crippen LogP contribution in [0, 0.1) is 5.92 Å². The fraction of sp³-hybridized carbons (Fsp3) is 0.368. The van der Waals surface area contributed by atoms with Crippen molar-refractivity contribution in [1.29, 1.82) is 0 Å². The van der Waals surface area contributed by atoms with Crippen LogP contribution in [-0.2, 0) is 24.2 Å². The number of nitrogens with two attached hydrogens (primary N) is 1. The lowest BCUT2D eigenvalue weighted by atomic mass is 9.93. The minimum atomic E-state index is -5.08. The standard InChI is InChI=1S/C36H42N4O7S.C2HF3O2/c1-6-46-31-20-25(12-14-30(31)47-22(2)3)33(40(37)27-13-11-26-21-38-17-15-24(26)19-27)35(41)39-18-16-29(36(42)43)34(39)28-9-7-8-10-32(28)48(44,45)23(4)5;3-2(4,5)1(6)7/h7-15,17,19-23,29,33-34H,6,16,18,37H2,1-5H3,(H,42,43);(H,6,7). The topological polar surface area (TPSA) is 190 Å². The first kappa shape index (κ1) is 42.3. The minimum Gasteiger partial charge on any atom is -0.490 e. The van der Waals surface area contributed by atoms with Crippen molar-refractivity contribution in [2.45, 2.75) is 75.5 Å². The first-order valence-corrected chi connectivity index (χ1v) is 18.8. The highest BCUT2D eigenvalue weighted by atomic mass is 32.2. The molecule has 4 N–H and O–H groups in total. The van der Waals surface area contributed by atoms with E-state index in [9.17, 15) is 36.3 Å². The molecule has 2 heterocycles. The molecule has 5 rings (SSSR count). The summed E-state index contributed by atoms with van der Waals surface area (Å²) in [5.41, 5.74) is 1.28. The number of alkyl halides is 3. The number of benzene rings is 3. The van der Waals surface area contributed by atoms with Crippen LogP contribution in [0.1, 0.15) is 64.3 Å². The lowest BCUT2D eigenvalue weighted by Crippen LogP contribution is -2.47. The van der Waals surface area contributed by atoms with E-state index < -0.39 is 57.1 Å². The lowest BCUT2D eigenvalue weighted by Gasteiger charge is -2.36. The molecular formula is C38H43F3N4O9S. The average molecular weight is 789 g/mol. The Labute approximate surface area is 316 Å². The van der Waals surface area contributed by atoms with E-state index in [1.165, 1.54) is 16.0 Å². The number of hydrazine groups is 1. The zero-order valence-electron chi connectivity index (χ0n) is 30.7.